The fraction of sp³-hybridized carbons (Fsp3) is 0.467. The van der Waals surface area contributed by atoms with E-state index >= 15 is 0 Å². The van der Waals surface area contributed by atoms with Crippen LogP contribution >= 0.6 is 0 Å². The highest BCUT2D eigenvalue weighted by Crippen LogP contribution is 2.30. The van der Waals surface area contributed by atoms with Gasteiger partial charge in [0.05, 0.1) is 11.1 Å². The summed E-state index contributed by atoms with van der Waals surface area (Å²) in [5.74, 6) is -0.777. The molecule has 1 unspecified atom stereocenters. The summed E-state index contributed by atoms with van der Waals surface area (Å²) in [6, 6.07) is 6.84. The van der Waals surface area contributed by atoms with Crippen LogP contribution in [0.15, 0.2) is 24.3 Å². The highest BCUT2D eigenvalue weighted by molar-refractivity contribution is 5.96. The third-order valence-electron chi connectivity index (χ3n) is 3.63. The van der Waals surface area contributed by atoms with E-state index in [4.69, 9.17) is 9.84 Å². The standard InChI is InChI=1S/C15H20N2O4/c1-15(7-4-8-16-10-15)14(20)17-11-5-2-3-6-12(11)21-9-13(18)19/h2-3,5-6,16H,4,7-10H2,1H3,(H,17,20)(H,18,19). The number of para-hydroxylation sites is 2. The predicted octanol–water partition coefficient (Wildman–Crippen LogP) is 1.48. The molecule has 1 heterocycles. The maximum absolute atomic E-state index is 12.5. The van der Waals surface area contributed by atoms with Crippen molar-refractivity contribution in [3.63, 3.8) is 0 Å². The Morgan fingerprint density at radius 3 is 2.86 bits per heavy atom. The van der Waals surface area contributed by atoms with Gasteiger partial charge in [0.15, 0.2) is 6.61 Å². The molecule has 114 valence electrons. The summed E-state index contributed by atoms with van der Waals surface area (Å²) in [6.45, 7) is 3.05. The third kappa shape index (κ3) is 3.95. The number of carboxylic acids is 1. The third-order valence-corrected chi connectivity index (χ3v) is 3.63. The molecule has 1 aromatic carbocycles. The summed E-state index contributed by atoms with van der Waals surface area (Å²) in [6.07, 6.45) is 1.78. The van der Waals surface area contributed by atoms with Crippen molar-refractivity contribution in [1.29, 1.82) is 0 Å². The molecule has 6 heteroatoms. The number of carbonyl (C=O) groups excluding carboxylic acids is 1. The van der Waals surface area contributed by atoms with Crippen LogP contribution < -0.4 is 15.4 Å². The number of aliphatic carboxylic acids is 1. The molecular weight excluding hydrogens is 272 g/mol. The molecule has 0 saturated carbocycles. The summed E-state index contributed by atoms with van der Waals surface area (Å²) in [5.41, 5.74) is 0.0357. The molecule has 0 bridgehead atoms. The van der Waals surface area contributed by atoms with Gasteiger partial charge in [-0.15, -0.1) is 0 Å². The second kappa shape index (κ2) is 6.58. The molecule has 1 amide bonds. The van der Waals surface area contributed by atoms with Crippen LogP contribution in [0.5, 0.6) is 5.75 Å². The normalized spacial score (nSPS) is 21.6. The summed E-state index contributed by atoms with van der Waals surface area (Å²) in [5, 5.41) is 14.7. The Morgan fingerprint density at radius 1 is 1.43 bits per heavy atom. The van der Waals surface area contributed by atoms with Crippen molar-refractivity contribution in [3.8, 4) is 5.75 Å². The summed E-state index contributed by atoms with van der Waals surface area (Å²) < 4.78 is 5.19. The van der Waals surface area contributed by atoms with Crippen LogP contribution in [0.25, 0.3) is 0 Å². The van der Waals surface area contributed by atoms with Gasteiger partial charge in [-0.05, 0) is 38.4 Å². The van der Waals surface area contributed by atoms with Gasteiger partial charge in [-0.1, -0.05) is 12.1 Å². The van der Waals surface area contributed by atoms with Gasteiger partial charge >= 0.3 is 5.97 Å². The van der Waals surface area contributed by atoms with Gasteiger partial charge in [0, 0.05) is 6.54 Å². The number of hydrogen-bond donors (Lipinski definition) is 3. The Labute approximate surface area is 123 Å². The van der Waals surface area contributed by atoms with Gasteiger partial charge in [-0.2, -0.15) is 0 Å². The minimum Gasteiger partial charge on any atom is -0.480 e. The molecule has 0 aliphatic carbocycles. The molecule has 1 aromatic rings. The van der Waals surface area contributed by atoms with Crippen molar-refractivity contribution in [1.82, 2.24) is 5.32 Å². The number of anilines is 1. The van der Waals surface area contributed by atoms with E-state index in [1.54, 1.807) is 24.3 Å². The Morgan fingerprint density at radius 2 is 2.19 bits per heavy atom. The zero-order chi connectivity index (χ0) is 15.3. The largest absolute Gasteiger partial charge is 0.480 e. The number of nitrogens with one attached hydrogen (secondary N) is 2. The molecule has 6 nitrogen and oxygen atoms in total. The van der Waals surface area contributed by atoms with E-state index in [2.05, 4.69) is 10.6 Å². The lowest BCUT2D eigenvalue weighted by atomic mass is 9.82. The number of hydrogen-bond acceptors (Lipinski definition) is 4. The van der Waals surface area contributed by atoms with E-state index < -0.39 is 18.0 Å². The molecule has 0 aromatic heterocycles. The van der Waals surface area contributed by atoms with Gasteiger partial charge in [0.1, 0.15) is 5.75 Å². The predicted molar refractivity (Wildman–Crippen MR) is 78.4 cm³/mol. The molecule has 1 aliphatic heterocycles. The van der Waals surface area contributed by atoms with Crippen LogP contribution in [0.3, 0.4) is 0 Å². The molecule has 2 rings (SSSR count). The van der Waals surface area contributed by atoms with Crippen LogP contribution in [0.2, 0.25) is 0 Å². The summed E-state index contributed by atoms with van der Waals surface area (Å²) in [7, 11) is 0. The van der Waals surface area contributed by atoms with Gasteiger partial charge in [0.25, 0.3) is 0 Å². The number of piperidine rings is 1. The Kier molecular flexibility index (Phi) is 4.80. The van der Waals surface area contributed by atoms with Crippen molar-refractivity contribution in [2.24, 2.45) is 5.41 Å². The van der Waals surface area contributed by atoms with E-state index in [9.17, 15) is 9.59 Å². The first-order valence-electron chi connectivity index (χ1n) is 6.97. The number of benzene rings is 1. The second-order valence-corrected chi connectivity index (χ2v) is 5.47. The van der Waals surface area contributed by atoms with Crippen LogP contribution in [-0.2, 0) is 9.59 Å². The van der Waals surface area contributed by atoms with Crippen LogP contribution in [-0.4, -0.2) is 36.7 Å². The van der Waals surface area contributed by atoms with Gasteiger partial charge in [0.2, 0.25) is 5.91 Å². The van der Waals surface area contributed by atoms with E-state index in [1.807, 2.05) is 6.92 Å². The van der Waals surface area contributed by atoms with Crippen LogP contribution in [0.1, 0.15) is 19.8 Å². The molecule has 1 saturated heterocycles. The van der Waals surface area contributed by atoms with E-state index in [1.165, 1.54) is 0 Å². The van der Waals surface area contributed by atoms with E-state index in [-0.39, 0.29) is 5.91 Å². The molecule has 1 fully saturated rings. The van der Waals surface area contributed by atoms with Gasteiger partial charge in [-0.25, -0.2) is 4.79 Å². The zero-order valence-electron chi connectivity index (χ0n) is 12.0. The Balaban J connectivity index is 2.08. The quantitative estimate of drug-likeness (QED) is 0.765. The number of ether oxygens (including phenoxy) is 1. The smallest absolute Gasteiger partial charge is 0.341 e. The highest BCUT2D eigenvalue weighted by Gasteiger charge is 2.34. The highest BCUT2D eigenvalue weighted by atomic mass is 16.5. The number of rotatable bonds is 5. The number of carbonyl (C=O) groups is 2. The fourth-order valence-corrected chi connectivity index (χ4v) is 2.36. The summed E-state index contributed by atoms with van der Waals surface area (Å²) in [4.78, 5) is 23.0. The van der Waals surface area contributed by atoms with Crippen LogP contribution in [0, 0.1) is 5.41 Å². The fourth-order valence-electron chi connectivity index (χ4n) is 2.36. The molecule has 0 radical (unpaired) electrons. The van der Waals surface area contributed by atoms with Crippen molar-refractivity contribution >= 4 is 17.6 Å². The average molecular weight is 292 g/mol. The molecule has 3 N–H and O–H groups in total. The first-order chi connectivity index (χ1) is 10.0. The van der Waals surface area contributed by atoms with Gasteiger partial charge in [-0.3, -0.25) is 4.79 Å². The monoisotopic (exact) mass is 292 g/mol. The molecule has 21 heavy (non-hydrogen) atoms. The topological polar surface area (TPSA) is 87.7 Å². The Hall–Kier alpha value is -2.08. The molecular formula is C15H20N2O4. The van der Waals surface area contributed by atoms with Crippen molar-refractivity contribution in [2.75, 3.05) is 25.0 Å². The van der Waals surface area contributed by atoms with Crippen molar-refractivity contribution < 1.29 is 19.4 Å². The van der Waals surface area contributed by atoms with Crippen molar-refractivity contribution in [3.05, 3.63) is 24.3 Å². The maximum Gasteiger partial charge on any atom is 0.341 e. The first kappa shape index (κ1) is 15.3. The second-order valence-electron chi connectivity index (χ2n) is 5.47. The molecule has 1 aliphatic rings. The van der Waals surface area contributed by atoms with Crippen LogP contribution in [0.4, 0.5) is 5.69 Å². The van der Waals surface area contributed by atoms with E-state index in [0.717, 1.165) is 19.4 Å². The minimum absolute atomic E-state index is 0.0823. The lowest BCUT2D eigenvalue weighted by molar-refractivity contribution is -0.139. The zero-order valence-corrected chi connectivity index (χ0v) is 12.0. The minimum atomic E-state index is -1.06. The summed E-state index contributed by atoms with van der Waals surface area (Å²) >= 11 is 0. The number of carboxylic acid groups (broad SMARTS) is 1. The maximum atomic E-state index is 12.5. The first-order valence-corrected chi connectivity index (χ1v) is 6.97. The molecule has 1 atom stereocenters. The Bertz CT molecular complexity index is 524. The van der Waals surface area contributed by atoms with Gasteiger partial charge < -0.3 is 20.5 Å². The SMILES string of the molecule is CC1(C(=O)Nc2ccccc2OCC(=O)O)CCCNC1. The lowest BCUT2D eigenvalue weighted by Gasteiger charge is -2.32. The van der Waals surface area contributed by atoms with E-state index in [0.29, 0.717) is 18.0 Å². The average Bonchev–Trinajstić information content (AvgIpc) is 2.47. The van der Waals surface area contributed by atoms with Crippen molar-refractivity contribution in [2.45, 2.75) is 19.8 Å². The molecule has 0 spiro atoms. The lowest BCUT2D eigenvalue weighted by Crippen LogP contribution is -2.46. The number of amides is 1.